The number of aromatic amines is 1. The third-order valence-electron chi connectivity index (χ3n) is 3.07. The van der Waals surface area contributed by atoms with Crippen LogP contribution >= 0.6 is 0 Å². The summed E-state index contributed by atoms with van der Waals surface area (Å²) >= 11 is 0. The number of nitrogens with two attached hydrogens (primary N) is 1. The van der Waals surface area contributed by atoms with Crippen LogP contribution in [0, 0.1) is 10.1 Å². The normalized spacial score (nSPS) is 11.1. The average molecular weight is 288 g/mol. The van der Waals surface area contributed by atoms with Gasteiger partial charge in [0.1, 0.15) is 11.5 Å². The predicted octanol–water partition coefficient (Wildman–Crippen LogP) is 1.39. The monoisotopic (exact) mass is 288 g/mol. The second-order valence-corrected chi connectivity index (χ2v) is 4.40. The largest absolute Gasteiger partial charge is 0.383 e. The van der Waals surface area contributed by atoms with Crippen LogP contribution in [-0.2, 0) is 11.3 Å². The van der Waals surface area contributed by atoms with Crippen molar-refractivity contribution in [3.05, 3.63) is 40.1 Å². The molecule has 3 N–H and O–H groups in total. The molecule has 0 bridgehead atoms. The van der Waals surface area contributed by atoms with Crippen molar-refractivity contribution in [2.24, 2.45) is 0 Å². The first kappa shape index (κ1) is 13.1. The molecule has 0 spiro atoms. The number of hydrogen-bond donors (Lipinski definition) is 2. The molecule has 0 saturated heterocycles. The van der Waals surface area contributed by atoms with Crippen LogP contribution in [0.3, 0.4) is 0 Å². The lowest BCUT2D eigenvalue weighted by atomic mass is 10.3. The van der Waals surface area contributed by atoms with Crippen LogP contribution in [-0.4, -0.2) is 32.0 Å². The van der Waals surface area contributed by atoms with Gasteiger partial charge in [-0.2, -0.15) is 10.2 Å². The van der Waals surface area contributed by atoms with Crippen LogP contribution < -0.4 is 5.73 Å². The maximum Gasteiger partial charge on any atom is 0.269 e. The summed E-state index contributed by atoms with van der Waals surface area (Å²) in [5, 5.41) is 22.6. The fourth-order valence-corrected chi connectivity index (χ4v) is 2.13. The number of benzene rings is 1. The summed E-state index contributed by atoms with van der Waals surface area (Å²) < 4.78 is 6.67. The van der Waals surface area contributed by atoms with Crippen LogP contribution in [0.5, 0.6) is 0 Å². The molecule has 0 aliphatic rings. The topological polar surface area (TPSA) is 125 Å². The van der Waals surface area contributed by atoms with Gasteiger partial charge in [-0.1, -0.05) is 0 Å². The van der Waals surface area contributed by atoms with Gasteiger partial charge < -0.3 is 10.5 Å². The Bertz CT molecular complexity index is 804. The van der Waals surface area contributed by atoms with Gasteiger partial charge >= 0.3 is 0 Å². The number of fused-ring (bicyclic) bond motifs is 1. The van der Waals surface area contributed by atoms with E-state index in [4.69, 9.17) is 10.5 Å². The molecule has 0 atom stereocenters. The van der Waals surface area contributed by atoms with Gasteiger partial charge in [-0.25, -0.2) is 4.68 Å². The molecule has 9 nitrogen and oxygen atoms in total. The average Bonchev–Trinajstić information content (AvgIpc) is 3.02. The maximum atomic E-state index is 10.7. The van der Waals surface area contributed by atoms with Crippen molar-refractivity contribution in [2.45, 2.75) is 6.61 Å². The van der Waals surface area contributed by atoms with Gasteiger partial charge in [-0.3, -0.25) is 15.2 Å². The number of aromatic nitrogens is 4. The van der Waals surface area contributed by atoms with Gasteiger partial charge in [-0.05, 0) is 12.1 Å². The van der Waals surface area contributed by atoms with Crippen molar-refractivity contribution in [1.82, 2.24) is 20.0 Å². The fourth-order valence-electron chi connectivity index (χ4n) is 2.13. The van der Waals surface area contributed by atoms with Crippen molar-refractivity contribution in [2.75, 3.05) is 12.8 Å². The van der Waals surface area contributed by atoms with Crippen molar-refractivity contribution in [3.63, 3.8) is 0 Å². The van der Waals surface area contributed by atoms with E-state index in [9.17, 15) is 10.1 Å². The van der Waals surface area contributed by atoms with E-state index in [1.807, 2.05) is 0 Å². The third kappa shape index (κ3) is 2.09. The zero-order valence-corrected chi connectivity index (χ0v) is 11.1. The molecule has 0 aliphatic heterocycles. The van der Waals surface area contributed by atoms with Crippen LogP contribution in [0.4, 0.5) is 11.5 Å². The minimum atomic E-state index is -0.453. The van der Waals surface area contributed by atoms with E-state index in [0.717, 1.165) is 0 Å². The molecular weight excluding hydrogens is 276 g/mol. The quantitative estimate of drug-likeness (QED) is 0.552. The molecule has 3 rings (SSSR count). The first-order chi connectivity index (χ1) is 10.1. The van der Waals surface area contributed by atoms with Gasteiger partial charge in [0.15, 0.2) is 5.65 Å². The van der Waals surface area contributed by atoms with E-state index in [2.05, 4.69) is 15.3 Å². The van der Waals surface area contributed by atoms with E-state index < -0.39 is 4.92 Å². The molecule has 3 aromatic rings. The maximum absolute atomic E-state index is 10.7. The van der Waals surface area contributed by atoms with Crippen LogP contribution in [0.1, 0.15) is 5.69 Å². The Morgan fingerprint density at radius 2 is 2.14 bits per heavy atom. The Morgan fingerprint density at radius 3 is 2.76 bits per heavy atom. The number of methoxy groups -OCH3 is 1. The number of hydrogen-bond acceptors (Lipinski definition) is 6. The number of nitrogens with one attached hydrogen (secondary N) is 1. The van der Waals surface area contributed by atoms with E-state index >= 15 is 0 Å². The van der Waals surface area contributed by atoms with Gasteiger partial charge in [0.2, 0.25) is 0 Å². The summed E-state index contributed by atoms with van der Waals surface area (Å²) in [4.78, 5) is 10.2. The molecule has 0 saturated carbocycles. The molecule has 0 amide bonds. The summed E-state index contributed by atoms with van der Waals surface area (Å²) in [7, 11) is 1.56. The highest BCUT2D eigenvalue weighted by atomic mass is 16.6. The number of nitro groups is 1. The van der Waals surface area contributed by atoms with E-state index in [-0.39, 0.29) is 5.69 Å². The number of ether oxygens (including phenoxy) is 1. The SMILES string of the molecule is COCc1nn(-c2ccc([N+](=O)[O-])cc2)c2n[nH]c(N)c12. The minimum Gasteiger partial charge on any atom is -0.383 e. The summed E-state index contributed by atoms with van der Waals surface area (Å²) in [6.07, 6.45) is 0. The Balaban J connectivity index is 2.13. The Labute approximate surface area is 118 Å². The second-order valence-electron chi connectivity index (χ2n) is 4.40. The molecular formula is C12H12N6O3. The van der Waals surface area contributed by atoms with Gasteiger partial charge in [-0.15, -0.1) is 0 Å². The predicted molar refractivity (Wildman–Crippen MR) is 75.0 cm³/mol. The van der Waals surface area contributed by atoms with Crippen molar-refractivity contribution < 1.29 is 9.66 Å². The molecule has 2 heterocycles. The Kier molecular flexibility index (Phi) is 3.03. The molecule has 0 radical (unpaired) electrons. The van der Waals surface area contributed by atoms with Crippen molar-refractivity contribution in [1.29, 1.82) is 0 Å². The van der Waals surface area contributed by atoms with Gasteiger partial charge in [0.05, 0.1) is 22.6 Å². The number of anilines is 1. The number of nitrogens with zero attached hydrogens (tertiary/aromatic N) is 4. The summed E-state index contributed by atoms with van der Waals surface area (Å²) in [5.74, 6) is 0.408. The molecule has 108 valence electrons. The fraction of sp³-hybridized carbons (Fsp3) is 0.167. The highest BCUT2D eigenvalue weighted by Crippen LogP contribution is 2.26. The van der Waals surface area contributed by atoms with Gasteiger partial charge in [0, 0.05) is 19.2 Å². The lowest BCUT2D eigenvalue weighted by Crippen LogP contribution is -2.00. The summed E-state index contributed by atoms with van der Waals surface area (Å²) in [5.41, 5.74) is 7.71. The molecule has 2 aromatic heterocycles. The lowest BCUT2D eigenvalue weighted by Gasteiger charge is -2.01. The van der Waals surface area contributed by atoms with E-state index in [1.165, 1.54) is 12.1 Å². The second kappa shape index (κ2) is 4.87. The molecule has 0 fully saturated rings. The number of non-ortho nitro benzene ring substituents is 1. The number of nitrogen functional groups attached to an aromatic ring is 1. The number of nitro benzene ring substituents is 1. The third-order valence-corrected chi connectivity index (χ3v) is 3.07. The summed E-state index contributed by atoms with van der Waals surface area (Å²) in [6.45, 7) is 0.292. The molecule has 9 heteroatoms. The zero-order valence-electron chi connectivity index (χ0n) is 11.1. The Morgan fingerprint density at radius 1 is 1.43 bits per heavy atom. The zero-order chi connectivity index (χ0) is 15.0. The van der Waals surface area contributed by atoms with Crippen molar-refractivity contribution >= 4 is 22.5 Å². The molecule has 0 aliphatic carbocycles. The molecule has 1 aromatic carbocycles. The smallest absolute Gasteiger partial charge is 0.269 e. The molecule has 0 unspecified atom stereocenters. The highest BCUT2D eigenvalue weighted by Gasteiger charge is 2.18. The van der Waals surface area contributed by atoms with Crippen LogP contribution in [0.2, 0.25) is 0 Å². The van der Waals surface area contributed by atoms with Crippen LogP contribution in [0.25, 0.3) is 16.7 Å². The Hall–Kier alpha value is -2.94. The van der Waals surface area contributed by atoms with Gasteiger partial charge in [0.25, 0.3) is 5.69 Å². The number of rotatable bonds is 4. The van der Waals surface area contributed by atoms with Crippen LogP contribution in [0.15, 0.2) is 24.3 Å². The highest BCUT2D eigenvalue weighted by molar-refractivity contribution is 5.89. The first-order valence-corrected chi connectivity index (χ1v) is 6.07. The standard InChI is InChI=1S/C12H12N6O3/c1-21-6-9-10-11(13)14-15-12(10)17(16-9)7-2-4-8(5-3-7)18(19)20/h2-5H,6H2,1H3,(H3,13,14,15). The van der Waals surface area contributed by atoms with Crippen molar-refractivity contribution in [3.8, 4) is 5.69 Å². The lowest BCUT2D eigenvalue weighted by molar-refractivity contribution is -0.384. The minimum absolute atomic E-state index is 0.0146. The van der Waals surface area contributed by atoms with E-state index in [0.29, 0.717) is 34.8 Å². The first-order valence-electron chi connectivity index (χ1n) is 6.07. The molecule has 21 heavy (non-hydrogen) atoms. The summed E-state index contributed by atoms with van der Waals surface area (Å²) in [6, 6.07) is 6.03. The number of H-pyrrole nitrogens is 1. The van der Waals surface area contributed by atoms with E-state index in [1.54, 1.807) is 23.9 Å².